The van der Waals surface area contributed by atoms with Crippen LogP contribution < -0.4 is 11.3 Å². The molecular weight excluding hydrogens is 537 g/mol. The Morgan fingerprint density at radius 3 is 1.95 bits per heavy atom. The number of benzene rings is 2. The summed E-state index contributed by atoms with van der Waals surface area (Å²) in [4.78, 5) is 14.9. The third kappa shape index (κ3) is 6.11. The van der Waals surface area contributed by atoms with Crippen LogP contribution in [0.1, 0.15) is 65.8 Å². The lowest BCUT2D eigenvalue weighted by molar-refractivity contribution is -0.138. The fraction of sp³-hybridized carbons (Fsp3) is 0.469. The molecule has 0 aliphatic heterocycles. The summed E-state index contributed by atoms with van der Waals surface area (Å²) in [7, 11) is 3.46. The summed E-state index contributed by atoms with van der Waals surface area (Å²) in [5, 5.41) is 0. The molecule has 224 valence electrons. The summed E-state index contributed by atoms with van der Waals surface area (Å²) in [6.07, 6.45) is -3.59. The zero-order valence-corrected chi connectivity index (χ0v) is 25.2. The van der Waals surface area contributed by atoms with Crippen LogP contribution in [0.3, 0.4) is 0 Å². The topological polar surface area (TPSA) is 51.3 Å². The van der Waals surface area contributed by atoms with E-state index < -0.39 is 52.0 Å². The lowest BCUT2D eigenvalue weighted by Gasteiger charge is -2.41. The molecular formula is C32H40F5N3O. The van der Waals surface area contributed by atoms with Crippen LogP contribution in [0.2, 0.25) is 0 Å². The van der Waals surface area contributed by atoms with Crippen LogP contribution in [-0.2, 0) is 18.1 Å². The van der Waals surface area contributed by atoms with E-state index in [0.717, 1.165) is 27.5 Å². The molecule has 1 heterocycles. The van der Waals surface area contributed by atoms with Gasteiger partial charge in [-0.1, -0.05) is 31.5 Å². The molecule has 0 saturated carbocycles. The Labute approximate surface area is 239 Å². The van der Waals surface area contributed by atoms with Crippen molar-refractivity contribution in [3.8, 4) is 11.1 Å². The number of halogens is 5. The normalized spacial score (nSPS) is 14.6. The smallest absolute Gasteiger partial charge is 0.319 e. The molecule has 0 spiro atoms. The largest absolute Gasteiger partial charge is 0.416 e. The van der Waals surface area contributed by atoms with Crippen molar-refractivity contribution >= 4 is 0 Å². The van der Waals surface area contributed by atoms with E-state index in [0.29, 0.717) is 18.2 Å². The predicted molar refractivity (Wildman–Crippen MR) is 154 cm³/mol. The SMILES string of the molecule is Cc1cc(C)c(-c2cc(C)c(F)c([C@@](N)(C(C)C)C(C)n3cc(CCN(C)C)c(C(F)(F)F)cc3=O)c2F)c(C)c1. The van der Waals surface area contributed by atoms with Crippen molar-refractivity contribution in [1.82, 2.24) is 9.47 Å². The predicted octanol–water partition coefficient (Wildman–Crippen LogP) is 7.22. The van der Waals surface area contributed by atoms with Gasteiger partial charge in [0, 0.05) is 29.9 Å². The fourth-order valence-electron chi connectivity index (χ4n) is 5.85. The van der Waals surface area contributed by atoms with E-state index in [4.69, 9.17) is 5.73 Å². The summed E-state index contributed by atoms with van der Waals surface area (Å²) in [5.74, 6) is -2.31. The van der Waals surface area contributed by atoms with Crippen molar-refractivity contribution in [2.75, 3.05) is 20.6 Å². The molecule has 2 aromatic carbocycles. The van der Waals surface area contributed by atoms with Crippen molar-refractivity contribution in [2.45, 2.75) is 72.6 Å². The summed E-state index contributed by atoms with van der Waals surface area (Å²) >= 11 is 0. The van der Waals surface area contributed by atoms with Gasteiger partial charge in [-0.25, -0.2) is 8.78 Å². The van der Waals surface area contributed by atoms with E-state index in [-0.39, 0.29) is 23.1 Å². The van der Waals surface area contributed by atoms with Gasteiger partial charge in [0.25, 0.3) is 5.56 Å². The first-order valence-corrected chi connectivity index (χ1v) is 13.6. The van der Waals surface area contributed by atoms with Crippen molar-refractivity contribution in [3.05, 3.63) is 91.4 Å². The molecule has 1 unspecified atom stereocenters. The molecule has 0 aliphatic carbocycles. The minimum atomic E-state index is -4.74. The summed E-state index contributed by atoms with van der Waals surface area (Å²) in [6, 6.07) is 4.73. The first-order valence-electron chi connectivity index (χ1n) is 13.6. The third-order valence-corrected chi connectivity index (χ3v) is 8.12. The van der Waals surface area contributed by atoms with Crippen molar-refractivity contribution in [1.29, 1.82) is 0 Å². The highest BCUT2D eigenvalue weighted by Crippen LogP contribution is 2.44. The second-order valence-electron chi connectivity index (χ2n) is 11.8. The van der Waals surface area contributed by atoms with Gasteiger partial charge in [-0.3, -0.25) is 4.79 Å². The Hall–Kier alpha value is -3.04. The first kappa shape index (κ1) is 32.5. The van der Waals surface area contributed by atoms with Crippen LogP contribution in [0.15, 0.2) is 35.3 Å². The van der Waals surface area contributed by atoms with Gasteiger partial charge in [-0.05, 0) is 94.9 Å². The van der Waals surface area contributed by atoms with Crippen LogP contribution in [0.4, 0.5) is 22.0 Å². The molecule has 0 bridgehead atoms. The Kier molecular flexibility index (Phi) is 9.25. The number of nitrogens with two attached hydrogens (primary N) is 1. The highest BCUT2D eigenvalue weighted by molar-refractivity contribution is 5.73. The summed E-state index contributed by atoms with van der Waals surface area (Å²) in [5.41, 5.74) is 6.27. The number of pyridine rings is 1. The quantitative estimate of drug-likeness (QED) is 0.288. The van der Waals surface area contributed by atoms with Gasteiger partial charge in [0.15, 0.2) is 0 Å². The number of hydrogen-bond acceptors (Lipinski definition) is 3. The van der Waals surface area contributed by atoms with Crippen molar-refractivity contribution in [2.24, 2.45) is 11.7 Å². The minimum absolute atomic E-state index is 0.0113. The van der Waals surface area contributed by atoms with E-state index in [2.05, 4.69) is 0 Å². The van der Waals surface area contributed by atoms with Gasteiger partial charge in [-0.2, -0.15) is 13.2 Å². The first-order chi connectivity index (χ1) is 18.8. The zero-order chi connectivity index (χ0) is 31.2. The molecule has 0 saturated heterocycles. The number of rotatable bonds is 8. The lowest BCUT2D eigenvalue weighted by atomic mass is 9.73. The zero-order valence-electron chi connectivity index (χ0n) is 25.2. The van der Waals surface area contributed by atoms with E-state index in [9.17, 15) is 18.0 Å². The average Bonchev–Trinajstić information content (AvgIpc) is 2.84. The van der Waals surface area contributed by atoms with Gasteiger partial charge >= 0.3 is 6.18 Å². The molecule has 0 aliphatic rings. The van der Waals surface area contributed by atoms with Crippen LogP contribution in [0, 0.1) is 45.2 Å². The summed E-state index contributed by atoms with van der Waals surface area (Å²) in [6.45, 7) is 12.3. The maximum Gasteiger partial charge on any atom is 0.416 e. The standard InChI is InChI=1S/C32H40F5N3O/c1-17(2)31(38,22(7)40-16-23(10-11-39(8)9)25(15-26(40)41)32(35,36)37)28-29(33)21(6)14-24(30(28)34)27-19(4)12-18(3)13-20(27)5/h12-17,22H,10-11,38H2,1-9H3/t22?,31-/m1/s1. The Bertz CT molecular complexity index is 1480. The van der Waals surface area contributed by atoms with Gasteiger partial charge in [-0.15, -0.1) is 0 Å². The van der Waals surface area contributed by atoms with E-state index in [1.54, 1.807) is 32.8 Å². The molecule has 1 aromatic heterocycles. The van der Waals surface area contributed by atoms with E-state index in [1.165, 1.54) is 19.9 Å². The molecule has 3 rings (SSSR count). The molecule has 0 radical (unpaired) electrons. The summed E-state index contributed by atoms with van der Waals surface area (Å²) < 4.78 is 75.3. The molecule has 2 N–H and O–H groups in total. The van der Waals surface area contributed by atoms with Gasteiger partial charge in [0.05, 0.1) is 17.1 Å². The van der Waals surface area contributed by atoms with Gasteiger partial charge < -0.3 is 15.2 Å². The Balaban J connectivity index is 2.34. The highest BCUT2D eigenvalue weighted by atomic mass is 19.4. The molecule has 0 amide bonds. The lowest BCUT2D eigenvalue weighted by Crippen LogP contribution is -2.52. The van der Waals surface area contributed by atoms with Crippen LogP contribution in [0.25, 0.3) is 11.1 Å². The second kappa shape index (κ2) is 11.7. The minimum Gasteiger partial charge on any atom is -0.319 e. The molecule has 2 atom stereocenters. The highest BCUT2D eigenvalue weighted by Gasteiger charge is 2.45. The molecule has 0 fully saturated rings. The fourth-order valence-corrected chi connectivity index (χ4v) is 5.85. The maximum atomic E-state index is 16.6. The van der Waals surface area contributed by atoms with Crippen LogP contribution in [0.5, 0.6) is 0 Å². The molecule has 4 nitrogen and oxygen atoms in total. The number of likely N-dealkylation sites (N-methyl/N-ethyl adjacent to an activating group) is 1. The second-order valence-corrected chi connectivity index (χ2v) is 11.8. The molecule has 41 heavy (non-hydrogen) atoms. The van der Waals surface area contributed by atoms with Gasteiger partial charge in [0.2, 0.25) is 0 Å². The number of alkyl halides is 3. The maximum absolute atomic E-state index is 16.6. The Morgan fingerprint density at radius 1 is 0.902 bits per heavy atom. The van der Waals surface area contributed by atoms with Gasteiger partial charge in [0.1, 0.15) is 11.6 Å². The van der Waals surface area contributed by atoms with Crippen molar-refractivity contribution in [3.63, 3.8) is 0 Å². The number of aryl methyl sites for hydroxylation is 4. The number of hydrogen-bond donors (Lipinski definition) is 1. The molecule has 9 heteroatoms. The average molecular weight is 578 g/mol. The third-order valence-electron chi connectivity index (χ3n) is 8.12. The van der Waals surface area contributed by atoms with E-state index >= 15 is 8.78 Å². The van der Waals surface area contributed by atoms with E-state index in [1.807, 2.05) is 32.9 Å². The molecule has 3 aromatic rings. The number of aromatic nitrogens is 1. The monoisotopic (exact) mass is 577 g/mol. The Morgan fingerprint density at radius 2 is 1.46 bits per heavy atom. The number of nitrogens with zero attached hydrogens (tertiary/aromatic N) is 2. The van der Waals surface area contributed by atoms with Crippen LogP contribution in [-0.4, -0.2) is 30.1 Å². The van der Waals surface area contributed by atoms with Crippen molar-refractivity contribution < 1.29 is 22.0 Å². The van der Waals surface area contributed by atoms with Crippen LogP contribution >= 0.6 is 0 Å².